The Morgan fingerprint density at radius 1 is 0.935 bits per heavy atom. The molecular formula is C27H28N2O2. The van der Waals surface area contributed by atoms with Crippen molar-refractivity contribution >= 4 is 5.91 Å². The molecule has 1 fully saturated rings. The highest BCUT2D eigenvalue weighted by Gasteiger charge is 2.41. The summed E-state index contributed by atoms with van der Waals surface area (Å²) < 4.78 is 2.03. The number of pyridine rings is 1. The Bertz CT molecular complexity index is 1150. The quantitative estimate of drug-likeness (QED) is 0.597. The fraction of sp³-hybridized carbons (Fsp3) is 0.333. The maximum atomic E-state index is 13.7. The normalized spacial score (nSPS) is 22.1. The average molecular weight is 413 g/mol. The van der Waals surface area contributed by atoms with Crippen LogP contribution in [0.1, 0.15) is 54.2 Å². The lowest BCUT2D eigenvalue weighted by Gasteiger charge is -2.47. The highest BCUT2D eigenvalue weighted by Crippen LogP contribution is 2.43. The standard InChI is InChI=1S/C27H28N2O2/c1-2-9-24-20-16-21(25-14-8-15-26(30)29(24)25)18-28(17-20)27(31)23-13-7-6-12-22(23)19-10-4-3-5-11-19/h3-8,10-15,20-21,24H,2,9,16-18H2,1H3/t20-,21+,24-/m0/s1. The molecule has 2 aliphatic rings. The summed E-state index contributed by atoms with van der Waals surface area (Å²) >= 11 is 0. The number of likely N-dealkylation sites (tertiary alicyclic amines) is 1. The summed E-state index contributed by atoms with van der Waals surface area (Å²) in [6.07, 6.45) is 3.05. The summed E-state index contributed by atoms with van der Waals surface area (Å²) in [6.45, 7) is 3.55. The number of nitrogens with zero attached hydrogens (tertiary/aromatic N) is 2. The van der Waals surface area contributed by atoms with E-state index in [4.69, 9.17) is 0 Å². The van der Waals surface area contributed by atoms with E-state index in [0.29, 0.717) is 19.0 Å². The number of benzene rings is 2. The Balaban J connectivity index is 1.51. The lowest BCUT2D eigenvalue weighted by Crippen LogP contribution is -2.51. The van der Waals surface area contributed by atoms with Gasteiger partial charge in [-0.05, 0) is 42.0 Å². The largest absolute Gasteiger partial charge is 0.338 e. The maximum Gasteiger partial charge on any atom is 0.254 e. The van der Waals surface area contributed by atoms with Crippen molar-refractivity contribution in [3.63, 3.8) is 0 Å². The van der Waals surface area contributed by atoms with E-state index in [1.54, 1.807) is 6.07 Å². The van der Waals surface area contributed by atoms with Crippen molar-refractivity contribution in [3.05, 3.63) is 94.4 Å². The Morgan fingerprint density at radius 2 is 1.71 bits per heavy atom. The zero-order valence-corrected chi connectivity index (χ0v) is 17.9. The third-order valence-corrected chi connectivity index (χ3v) is 6.91. The summed E-state index contributed by atoms with van der Waals surface area (Å²) in [4.78, 5) is 28.5. The first-order valence-electron chi connectivity index (χ1n) is 11.3. The molecule has 0 saturated carbocycles. The number of fused-ring (bicyclic) bond motifs is 4. The highest BCUT2D eigenvalue weighted by molar-refractivity contribution is 6.01. The van der Waals surface area contributed by atoms with Gasteiger partial charge < -0.3 is 9.47 Å². The van der Waals surface area contributed by atoms with E-state index in [0.717, 1.165) is 41.6 Å². The van der Waals surface area contributed by atoms with Gasteiger partial charge in [-0.15, -0.1) is 0 Å². The van der Waals surface area contributed by atoms with E-state index in [1.807, 2.05) is 58.0 Å². The maximum absolute atomic E-state index is 13.7. The van der Waals surface area contributed by atoms with Crippen LogP contribution in [0.15, 0.2) is 77.6 Å². The van der Waals surface area contributed by atoms with Crippen LogP contribution in [0.4, 0.5) is 0 Å². The first-order valence-corrected chi connectivity index (χ1v) is 11.3. The van der Waals surface area contributed by atoms with E-state index in [1.165, 1.54) is 0 Å². The summed E-state index contributed by atoms with van der Waals surface area (Å²) in [5.74, 6) is 0.629. The molecule has 158 valence electrons. The van der Waals surface area contributed by atoms with Crippen molar-refractivity contribution in [3.8, 4) is 11.1 Å². The minimum Gasteiger partial charge on any atom is -0.338 e. The van der Waals surface area contributed by atoms with Crippen LogP contribution in [-0.2, 0) is 0 Å². The molecule has 0 unspecified atom stereocenters. The van der Waals surface area contributed by atoms with Gasteiger partial charge in [0.1, 0.15) is 0 Å². The predicted octanol–water partition coefficient (Wildman–Crippen LogP) is 5.12. The van der Waals surface area contributed by atoms with Crippen LogP contribution in [0.3, 0.4) is 0 Å². The lowest BCUT2D eigenvalue weighted by molar-refractivity contribution is 0.0519. The first kappa shape index (κ1) is 19.8. The van der Waals surface area contributed by atoms with E-state index < -0.39 is 0 Å². The van der Waals surface area contributed by atoms with Gasteiger partial charge in [-0.2, -0.15) is 0 Å². The molecular weight excluding hydrogens is 384 g/mol. The third-order valence-electron chi connectivity index (χ3n) is 6.91. The molecule has 3 aromatic rings. The highest BCUT2D eigenvalue weighted by atomic mass is 16.2. The number of carbonyl (C=O) groups is 1. The summed E-state index contributed by atoms with van der Waals surface area (Å²) in [7, 11) is 0. The van der Waals surface area contributed by atoms with Gasteiger partial charge in [-0.1, -0.05) is 67.9 Å². The molecule has 31 heavy (non-hydrogen) atoms. The molecule has 4 heteroatoms. The van der Waals surface area contributed by atoms with Crippen LogP contribution in [0.5, 0.6) is 0 Å². The fourth-order valence-corrected chi connectivity index (χ4v) is 5.58. The van der Waals surface area contributed by atoms with Gasteiger partial charge in [0.2, 0.25) is 0 Å². The Kier molecular flexibility index (Phi) is 5.23. The Labute approximate surface area is 183 Å². The molecule has 4 nitrogen and oxygen atoms in total. The van der Waals surface area contributed by atoms with Gasteiger partial charge in [0.05, 0.1) is 0 Å². The molecule has 0 radical (unpaired) electrons. The summed E-state index contributed by atoms with van der Waals surface area (Å²) in [5, 5.41) is 0. The van der Waals surface area contributed by atoms with Crippen molar-refractivity contribution in [1.82, 2.24) is 9.47 Å². The van der Waals surface area contributed by atoms with Crippen molar-refractivity contribution in [2.45, 2.75) is 38.1 Å². The predicted molar refractivity (Wildman–Crippen MR) is 123 cm³/mol. The van der Waals surface area contributed by atoms with Crippen molar-refractivity contribution in [1.29, 1.82) is 0 Å². The number of hydrogen-bond donors (Lipinski definition) is 0. The monoisotopic (exact) mass is 412 g/mol. The smallest absolute Gasteiger partial charge is 0.254 e. The molecule has 0 N–H and O–H groups in total. The first-order chi connectivity index (χ1) is 15.2. The summed E-state index contributed by atoms with van der Waals surface area (Å²) in [5.41, 5.74) is 3.98. The van der Waals surface area contributed by atoms with Gasteiger partial charge in [0.25, 0.3) is 11.5 Å². The number of carbonyl (C=O) groups excluding carboxylic acids is 1. The second kappa shape index (κ2) is 8.18. The van der Waals surface area contributed by atoms with Crippen LogP contribution in [-0.4, -0.2) is 28.5 Å². The molecule has 3 atom stereocenters. The minimum absolute atomic E-state index is 0.0936. The van der Waals surface area contributed by atoms with Gasteiger partial charge >= 0.3 is 0 Å². The second-order valence-electron chi connectivity index (χ2n) is 8.83. The molecule has 2 aliphatic heterocycles. The van der Waals surface area contributed by atoms with Gasteiger partial charge in [0.15, 0.2) is 0 Å². The van der Waals surface area contributed by atoms with Crippen LogP contribution in [0.2, 0.25) is 0 Å². The second-order valence-corrected chi connectivity index (χ2v) is 8.83. The molecule has 5 rings (SSSR count). The molecule has 0 spiro atoms. The lowest BCUT2D eigenvalue weighted by atomic mass is 9.77. The number of piperidine rings is 1. The average Bonchev–Trinajstić information content (AvgIpc) is 2.82. The summed E-state index contributed by atoms with van der Waals surface area (Å²) in [6, 6.07) is 23.8. The van der Waals surface area contributed by atoms with Gasteiger partial charge in [-0.25, -0.2) is 0 Å². The van der Waals surface area contributed by atoms with Crippen LogP contribution >= 0.6 is 0 Å². The number of hydrogen-bond acceptors (Lipinski definition) is 2. The van der Waals surface area contributed by atoms with Crippen molar-refractivity contribution in [2.24, 2.45) is 5.92 Å². The zero-order valence-electron chi connectivity index (χ0n) is 17.9. The molecule has 1 amide bonds. The van der Waals surface area contributed by atoms with Crippen LogP contribution in [0, 0.1) is 5.92 Å². The number of rotatable bonds is 4. The van der Waals surface area contributed by atoms with Gasteiger partial charge in [-0.3, -0.25) is 9.59 Å². The zero-order chi connectivity index (χ0) is 21.4. The molecule has 3 heterocycles. The topological polar surface area (TPSA) is 42.3 Å². The fourth-order valence-electron chi connectivity index (χ4n) is 5.58. The Hall–Kier alpha value is -3.14. The molecule has 2 aromatic carbocycles. The van der Waals surface area contributed by atoms with E-state index in [-0.39, 0.29) is 23.4 Å². The van der Waals surface area contributed by atoms with Crippen LogP contribution < -0.4 is 5.56 Å². The number of aromatic nitrogens is 1. The van der Waals surface area contributed by atoms with Crippen molar-refractivity contribution < 1.29 is 4.79 Å². The molecule has 1 aromatic heterocycles. The number of amides is 1. The third kappa shape index (κ3) is 3.50. The minimum atomic E-state index is 0.0936. The van der Waals surface area contributed by atoms with Crippen molar-refractivity contribution in [2.75, 3.05) is 13.1 Å². The SMILES string of the molecule is CCC[C@H]1[C@H]2C[C@H](CN(C(=O)c3ccccc3-c3ccccc3)C2)c2cccc(=O)n21. The molecule has 2 bridgehead atoms. The molecule has 1 saturated heterocycles. The van der Waals surface area contributed by atoms with E-state index >= 15 is 0 Å². The van der Waals surface area contributed by atoms with E-state index in [2.05, 4.69) is 25.1 Å². The van der Waals surface area contributed by atoms with Gasteiger partial charge in [0, 0.05) is 42.4 Å². The van der Waals surface area contributed by atoms with E-state index in [9.17, 15) is 9.59 Å². The Morgan fingerprint density at radius 3 is 2.52 bits per heavy atom. The molecule has 0 aliphatic carbocycles. The van der Waals surface area contributed by atoms with Crippen LogP contribution in [0.25, 0.3) is 11.1 Å².